The highest BCUT2D eigenvalue weighted by Crippen LogP contribution is 2.23. The van der Waals surface area contributed by atoms with Crippen LogP contribution in [0.15, 0.2) is 18.2 Å². The van der Waals surface area contributed by atoms with Gasteiger partial charge in [0.05, 0.1) is 12.5 Å². The molecule has 1 aliphatic carbocycles. The van der Waals surface area contributed by atoms with Crippen LogP contribution in [-0.2, 0) is 20.7 Å². The maximum Gasteiger partial charge on any atom is 0.307 e. The number of amides is 1. The first-order valence-electron chi connectivity index (χ1n) is 8.46. The second-order valence-electron chi connectivity index (χ2n) is 6.16. The second-order valence-corrected chi connectivity index (χ2v) is 6.16. The first kappa shape index (κ1) is 18.4. The number of anilines is 1. The lowest BCUT2D eigenvalue weighted by Gasteiger charge is -2.26. The van der Waals surface area contributed by atoms with Gasteiger partial charge in [-0.25, -0.2) is 4.39 Å². The number of halogens is 1. The zero-order chi connectivity index (χ0) is 17.5. The first-order valence-corrected chi connectivity index (χ1v) is 8.46. The van der Waals surface area contributed by atoms with Gasteiger partial charge in [-0.2, -0.15) is 0 Å². The van der Waals surface area contributed by atoms with Crippen LogP contribution in [0, 0.1) is 5.82 Å². The molecule has 0 saturated heterocycles. The van der Waals surface area contributed by atoms with Crippen molar-refractivity contribution in [2.45, 2.75) is 64.1 Å². The van der Waals surface area contributed by atoms with Crippen LogP contribution in [0.2, 0.25) is 0 Å². The number of hydrogen-bond donors (Lipinski definition) is 2. The summed E-state index contributed by atoms with van der Waals surface area (Å²) >= 11 is 0. The lowest BCUT2D eigenvalue weighted by atomic mass is 9.97. The predicted octanol–water partition coefficient (Wildman–Crippen LogP) is 3.52. The van der Waals surface area contributed by atoms with Crippen molar-refractivity contribution in [3.05, 3.63) is 29.6 Å². The maximum absolute atomic E-state index is 13.9. The Morgan fingerprint density at radius 1 is 1.33 bits per heavy atom. The molecule has 2 rings (SSSR count). The lowest BCUT2D eigenvalue weighted by molar-refractivity contribution is -0.136. The fourth-order valence-corrected chi connectivity index (χ4v) is 2.93. The van der Waals surface area contributed by atoms with E-state index in [9.17, 15) is 14.0 Å². The highest BCUT2D eigenvalue weighted by atomic mass is 19.1. The van der Waals surface area contributed by atoms with Gasteiger partial charge < -0.3 is 15.2 Å². The van der Waals surface area contributed by atoms with E-state index in [1.54, 1.807) is 0 Å². The molecule has 0 aromatic heterocycles. The summed E-state index contributed by atoms with van der Waals surface area (Å²) in [7, 11) is 0. The fraction of sp³-hybridized carbons (Fsp3) is 0.556. The van der Waals surface area contributed by atoms with Crippen molar-refractivity contribution in [2.24, 2.45) is 0 Å². The minimum Gasteiger partial charge on any atom is -0.481 e. The molecule has 0 bridgehead atoms. The van der Waals surface area contributed by atoms with Gasteiger partial charge in [0.1, 0.15) is 11.9 Å². The van der Waals surface area contributed by atoms with Crippen LogP contribution in [0.3, 0.4) is 0 Å². The molecule has 1 fully saturated rings. The van der Waals surface area contributed by atoms with Crippen molar-refractivity contribution in [2.75, 3.05) is 5.32 Å². The summed E-state index contributed by atoms with van der Waals surface area (Å²) in [4.78, 5) is 23.0. The van der Waals surface area contributed by atoms with Crippen molar-refractivity contribution in [3.8, 4) is 0 Å². The van der Waals surface area contributed by atoms with E-state index in [0.717, 1.165) is 31.7 Å². The van der Waals surface area contributed by atoms with Crippen LogP contribution in [0.5, 0.6) is 0 Å². The molecule has 1 aromatic carbocycles. The van der Waals surface area contributed by atoms with Crippen molar-refractivity contribution < 1.29 is 23.8 Å². The minimum absolute atomic E-state index is 0.0889. The predicted molar refractivity (Wildman–Crippen MR) is 88.4 cm³/mol. The van der Waals surface area contributed by atoms with E-state index >= 15 is 0 Å². The Bertz CT molecular complexity index is 584. The number of carbonyl (C=O) groups excluding carboxylic acids is 1. The molecule has 1 amide bonds. The van der Waals surface area contributed by atoms with E-state index in [2.05, 4.69) is 5.32 Å². The molecule has 0 aliphatic heterocycles. The van der Waals surface area contributed by atoms with Crippen LogP contribution in [0.25, 0.3) is 0 Å². The van der Waals surface area contributed by atoms with Gasteiger partial charge >= 0.3 is 5.97 Å². The fourth-order valence-electron chi connectivity index (χ4n) is 2.93. The van der Waals surface area contributed by atoms with Crippen LogP contribution >= 0.6 is 0 Å². The lowest BCUT2D eigenvalue weighted by Crippen LogP contribution is -2.34. The molecule has 0 spiro atoms. The molecule has 1 saturated carbocycles. The molecule has 6 heteroatoms. The van der Waals surface area contributed by atoms with Crippen molar-refractivity contribution >= 4 is 17.6 Å². The number of hydrogen-bond acceptors (Lipinski definition) is 3. The van der Waals surface area contributed by atoms with Crippen LogP contribution in [0.4, 0.5) is 10.1 Å². The Balaban J connectivity index is 1.96. The Kier molecular flexibility index (Phi) is 6.73. The molecule has 132 valence electrons. The Labute approximate surface area is 141 Å². The normalized spacial score (nSPS) is 16.6. The minimum atomic E-state index is -1.10. The highest BCUT2D eigenvalue weighted by molar-refractivity contribution is 5.94. The summed E-state index contributed by atoms with van der Waals surface area (Å²) in [6.07, 6.45) is 5.12. The average molecular weight is 337 g/mol. The zero-order valence-corrected chi connectivity index (χ0v) is 13.9. The molecular formula is C18H24FNO4. The summed E-state index contributed by atoms with van der Waals surface area (Å²) in [5.74, 6) is -2.04. The van der Waals surface area contributed by atoms with Gasteiger partial charge in [-0.15, -0.1) is 0 Å². The van der Waals surface area contributed by atoms with Crippen LogP contribution in [0.1, 0.15) is 51.0 Å². The van der Waals surface area contributed by atoms with Gasteiger partial charge in [-0.3, -0.25) is 9.59 Å². The molecule has 0 radical (unpaired) electrons. The molecule has 2 N–H and O–H groups in total. The average Bonchev–Trinajstić information content (AvgIpc) is 2.55. The van der Waals surface area contributed by atoms with Crippen molar-refractivity contribution in [3.63, 3.8) is 0 Å². The number of nitrogens with one attached hydrogen (secondary N) is 1. The Hall–Kier alpha value is -1.95. The summed E-state index contributed by atoms with van der Waals surface area (Å²) in [6.45, 7) is 1.88. The van der Waals surface area contributed by atoms with Gasteiger partial charge in [0, 0.05) is 5.69 Å². The monoisotopic (exact) mass is 337 g/mol. The van der Waals surface area contributed by atoms with Gasteiger partial charge in [-0.1, -0.05) is 32.3 Å². The number of carboxylic acids is 1. The number of benzene rings is 1. The van der Waals surface area contributed by atoms with Crippen LogP contribution in [-0.4, -0.2) is 29.2 Å². The topological polar surface area (TPSA) is 75.6 Å². The number of ether oxygens (including phenoxy) is 1. The standard InChI is InChI=1S/C18H24FNO4/c1-2-16(24-14-6-4-3-5-7-14)18(23)20-13-9-8-12(10-17(21)22)15(19)11-13/h8-9,11,14,16H,2-7,10H2,1H3,(H,20,23)(H,21,22). The largest absolute Gasteiger partial charge is 0.481 e. The van der Waals surface area contributed by atoms with E-state index < -0.39 is 17.9 Å². The smallest absolute Gasteiger partial charge is 0.307 e. The van der Waals surface area contributed by atoms with Gasteiger partial charge in [0.2, 0.25) is 0 Å². The van der Waals surface area contributed by atoms with E-state index in [1.165, 1.54) is 18.6 Å². The quantitative estimate of drug-likeness (QED) is 0.798. The maximum atomic E-state index is 13.9. The van der Waals surface area contributed by atoms with Gasteiger partial charge in [0.25, 0.3) is 5.91 Å². The molecular weight excluding hydrogens is 313 g/mol. The molecule has 24 heavy (non-hydrogen) atoms. The van der Waals surface area contributed by atoms with E-state index in [-0.39, 0.29) is 24.0 Å². The Morgan fingerprint density at radius 3 is 2.62 bits per heavy atom. The zero-order valence-electron chi connectivity index (χ0n) is 13.9. The van der Waals surface area contributed by atoms with Crippen LogP contribution < -0.4 is 5.32 Å². The SMILES string of the molecule is CCC(OC1CCCCC1)C(=O)Nc1ccc(CC(=O)O)c(F)c1. The molecule has 0 heterocycles. The summed E-state index contributed by atoms with van der Waals surface area (Å²) in [5, 5.41) is 11.4. The van der Waals surface area contributed by atoms with Crippen molar-refractivity contribution in [1.82, 2.24) is 0 Å². The highest BCUT2D eigenvalue weighted by Gasteiger charge is 2.23. The third kappa shape index (κ3) is 5.30. The van der Waals surface area contributed by atoms with Crippen molar-refractivity contribution in [1.29, 1.82) is 0 Å². The third-order valence-electron chi connectivity index (χ3n) is 4.23. The molecule has 1 aromatic rings. The number of carbonyl (C=O) groups is 2. The first-order chi connectivity index (χ1) is 11.5. The molecule has 1 aliphatic rings. The van der Waals surface area contributed by atoms with E-state index in [4.69, 9.17) is 9.84 Å². The summed E-state index contributed by atoms with van der Waals surface area (Å²) in [5.41, 5.74) is 0.392. The number of rotatable bonds is 7. The van der Waals surface area contributed by atoms with E-state index in [0.29, 0.717) is 12.1 Å². The number of carboxylic acid groups (broad SMARTS) is 1. The summed E-state index contributed by atoms with van der Waals surface area (Å²) in [6, 6.07) is 4.03. The van der Waals surface area contributed by atoms with Gasteiger partial charge in [0.15, 0.2) is 0 Å². The Morgan fingerprint density at radius 2 is 2.04 bits per heavy atom. The second kappa shape index (κ2) is 8.78. The molecule has 1 atom stereocenters. The molecule has 5 nitrogen and oxygen atoms in total. The van der Waals surface area contributed by atoms with E-state index in [1.807, 2.05) is 6.92 Å². The number of aliphatic carboxylic acids is 1. The van der Waals surface area contributed by atoms with Gasteiger partial charge in [-0.05, 0) is 37.0 Å². The summed E-state index contributed by atoms with van der Waals surface area (Å²) < 4.78 is 19.8. The molecule has 1 unspecified atom stereocenters. The third-order valence-corrected chi connectivity index (χ3v) is 4.23.